The van der Waals surface area contributed by atoms with E-state index in [-0.39, 0.29) is 6.04 Å². The third-order valence-electron chi connectivity index (χ3n) is 3.31. The fraction of sp³-hybridized carbons (Fsp3) is 0.500. The maximum Gasteiger partial charge on any atom is 0.159 e. The van der Waals surface area contributed by atoms with Crippen LogP contribution in [0.2, 0.25) is 0 Å². The number of halogens is 2. The summed E-state index contributed by atoms with van der Waals surface area (Å²) in [7, 11) is 0. The molecule has 0 spiro atoms. The van der Waals surface area contributed by atoms with E-state index < -0.39 is 17.2 Å². The van der Waals surface area contributed by atoms with Gasteiger partial charge < -0.3 is 10.8 Å². The molecule has 1 aromatic rings. The normalized spacial score (nSPS) is 30.4. The number of hydrogen-bond acceptors (Lipinski definition) is 2. The van der Waals surface area contributed by atoms with E-state index >= 15 is 0 Å². The molecule has 1 saturated carbocycles. The van der Waals surface area contributed by atoms with Gasteiger partial charge in [-0.15, -0.1) is 0 Å². The van der Waals surface area contributed by atoms with Crippen molar-refractivity contribution in [3.63, 3.8) is 0 Å². The van der Waals surface area contributed by atoms with Crippen molar-refractivity contribution in [1.82, 2.24) is 0 Å². The maximum absolute atomic E-state index is 13.1. The summed E-state index contributed by atoms with van der Waals surface area (Å²) >= 11 is 0. The maximum atomic E-state index is 13.1. The third-order valence-corrected chi connectivity index (χ3v) is 3.31. The summed E-state index contributed by atoms with van der Waals surface area (Å²) in [4.78, 5) is 0. The third kappa shape index (κ3) is 2.08. The minimum absolute atomic E-state index is 0.102. The Labute approximate surface area is 93.1 Å². The first-order chi connectivity index (χ1) is 7.51. The molecule has 1 fully saturated rings. The van der Waals surface area contributed by atoms with Gasteiger partial charge in [0.05, 0.1) is 5.60 Å². The minimum Gasteiger partial charge on any atom is -0.385 e. The Bertz CT molecular complexity index is 387. The predicted octanol–water partition coefficient (Wildman–Crippen LogP) is 2.05. The van der Waals surface area contributed by atoms with E-state index in [1.807, 2.05) is 0 Å². The van der Waals surface area contributed by atoms with E-state index in [1.165, 1.54) is 6.07 Å². The summed E-state index contributed by atoms with van der Waals surface area (Å²) in [5, 5.41) is 10.3. The summed E-state index contributed by atoms with van der Waals surface area (Å²) in [6.07, 6.45) is 2.41. The van der Waals surface area contributed by atoms with Crippen LogP contribution in [0, 0.1) is 11.6 Å². The number of hydrogen-bond donors (Lipinski definition) is 2. The average molecular weight is 227 g/mol. The van der Waals surface area contributed by atoms with E-state index in [2.05, 4.69) is 0 Å². The van der Waals surface area contributed by atoms with Crippen LogP contribution in [0.25, 0.3) is 0 Å². The lowest BCUT2D eigenvalue weighted by atomic mass is 9.78. The zero-order valence-electron chi connectivity index (χ0n) is 8.92. The molecular formula is C12H15F2NO. The van der Waals surface area contributed by atoms with E-state index in [4.69, 9.17) is 5.73 Å². The Balaban J connectivity index is 2.25. The van der Waals surface area contributed by atoms with Crippen molar-refractivity contribution < 1.29 is 13.9 Å². The van der Waals surface area contributed by atoms with Gasteiger partial charge in [0.25, 0.3) is 0 Å². The Kier molecular flexibility index (Phi) is 2.95. The molecule has 1 aliphatic rings. The van der Waals surface area contributed by atoms with Crippen molar-refractivity contribution >= 4 is 0 Å². The fourth-order valence-electron chi connectivity index (χ4n) is 2.19. The van der Waals surface area contributed by atoms with Crippen molar-refractivity contribution in [3.8, 4) is 0 Å². The number of nitrogens with two attached hydrogens (primary N) is 1. The molecule has 4 heteroatoms. The molecule has 16 heavy (non-hydrogen) atoms. The average Bonchev–Trinajstić information content (AvgIpc) is 2.26. The molecule has 0 unspecified atom stereocenters. The molecule has 88 valence electrons. The molecule has 0 saturated heterocycles. The van der Waals surface area contributed by atoms with Crippen molar-refractivity contribution in [2.45, 2.75) is 37.3 Å². The first kappa shape index (κ1) is 11.5. The lowest BCUT2D eigenvalue weighted by molar-refractivity contribution is -0.00529. The molecule has 2 rings (SSSR count). The highest BCUT2D eigenvalue weighted by molar-refractivity contribution is 5.24. The molecule has 3 N–H and O–H groups in total. The summed E-state index contributed by atoms with van der Waals surface area (Å²) < 4.78 is 25.8. The summed E-state index contributed by atoms with van der Waals surface area (Å²) in [5.41, 5.74) is 5.13. The SMILES string of the molecule is NC1CCC(O)(c2ccc(F)c(F)c2)CC1. The number of rotatable bonds is 1. The molecule has 2 nitrogen and oxygen atoms in total. The van der Waals surface area contributed by atoms with Gasteiger partial charge in [-0.25, -0.2) is 8.78 Å². The van der Waals surface area contributed by atoms with Gasteiger partial charge in [0.1, 0.15) is 0 Å². The van der Waals surface area contributed by atoms with Gasteiger partial charge in [0, 0.05) is 6.04 Å². The Morgan fingerprint density at radius 2 is 1.81 bits per heavy atom. The molecule has 1 aliphatic carbocycles. The molecule has 0 bridgehead atoms. The van der Waals surface area contributed by atoms with Gasteiger partial charge in [-0.2, -0.15) is 0 Å². The standard InChI is InChI=1S/C12H15F2NO/c13-10-2-1-8(7-11(10)14)12(16)5-3-9(15)4-6-12/h1-2,7,9,16H,3-6,15H2. The summed E-state index contributed by atoms with van der Waals surface area (Å²) in [6, 6.07) is 3.67. The Morgan fingerprint density at radius 1 is 1.19 bits per heavy atom. The van der Waals surface area contributed by atoms with Crippen LogP contribution < -0.4 is 5.73 Å². The van der Waals surface area contributed by atoms with Crippen LogP contribution in [0.4, 0.5) is 8.78 Å². The zero-order chi connectivity index (χ0) is 11.8. The van der Waals surface area contributed by atoms with Gasteiger partial charge in [0.15, 0.2) is 11.6 Å². The van der Waals surface area contributed by atoms with E-state index in [0.29, 0.717) is 31.2 Å². The van der Waals surface area contributed by atoms with E-state index in [0.717, 1.165) is 12.1 Å². The first-order valence-electron chi connectivity index (χ1n) is 5.45. The van der Waals surface area contributed by atoms with Gasteiger partial charge in [0.2, 0.25) is 0 Å². The van der Waals surface area contributed by atoms with Crippen molar-refractivity contribution in [2.24, 2.45) is 5.73 Å². The molecule has 0 atom stereocenters. The zero-order valence-corrected chi connectivity index (χ0v) is 8.92. The second-order valence-electron chi connectivity index (χ2n) is 4.50. The minimum atomic E-state index is -1.05. The molecule has 1 aromatic carbocycles. The first-order valence-corrected chi connectivity index (χ1v) is 5.45. The number of aliphatic hydroxyl groups is 1. The molecule has 0 amide bonds. The summed E-state index contributed by atoms with van der Waals surface area (Å²) in [5.74, 6) is -1.80. The van der Waals surface area contributed by atoms with Crippen LogP contribution in [0.15, 0.2) is 18.2 Å². The smallest absolute Gasteiger partial charge is 0.159 e. The molecule has 0 heterocycles. The Morgan fingerprint density at radius 3 is 2.38 bits per heavy atom. The van der Waals surface area contributed by atoms with Crippen LogP contribution >= 0.6 is 0 Å². The van der Waals surface area contributed by atoms with E-state index in [1.54, 1.807) is 0 Å². The van der Waals surface area contributed by atoms with E-state index in [9.17, 15) is 13.9 Å². The quantitative estimate of drug-likeness (QED) is 0.771. The van der Waals surface area contributed by atoms with Gasteiger partial charge in [-0.05, 0) is 43.4 Å². The molecule has 0 radical (unpaired) electrons. The monoisotopic (exact) mass is 227 g/mol. The molecule has 0 aromatic heterocycles. The van der Waals surface area contributed by atoms with Gasteiger partial charge in [-0.3, -0.25) is 0 Å². The summed E-state index contributed by atoms with van der Waals surface area (Å²) in [6.45, 7) is 0. The highest BCUT2D eigenvalue weighted by Crippen LogP contribution is 2.36. The van der Waals surface area contributed by atoms with Crippen LogP contribution in [0.1, 0.15) is 31.2 Å². The van der Waals surface area contributed by atoms with Crippen molar-refractivity contribution in [2.75, 3.05) is 0 Å². The number of benzene rings is 1. The molecule has 0 aliphatic heterocycles. The largest absolute Gasteiger partial charge is 0.385 e. The predicted molar refractivity (Wildman–Crippen MR) is 56.7 cm³/mol. The lowest BCUT2D eigenvalue weighted by Crippen LogP contribution is -2.36. The highest BCUT2D eigenvalue weighted by atomic mass is 19.2. The van der Waals surface area contributed by atoms with Gasteiger partial charge >= 0.3 is 0 Å². The second kappa shape index (κ2) is 4.11. The topological polar surface area (TPSA) is 46.2 Å². The molecular weight excluding hydrogens is 212 g/mol. The van der Waals surface area contributed by atoms with Crippen LogP contribution in [0.3, 0.4) is 0 Å². The highest BCUT2D eigenvalue weighted by Gasteiger charge is 2.34. The van der Waals surface area contributed by atoms with Gasteiger partial charge in [-0.1, -0.05) is 6.07 Å². The van der Waals surface area contributed by atoms with Crippen LogP contribution in [0.5, 0.6) is 0 Å². The second-order valence-corrected chi connectivity index (χ2v) is 4.50. The van der Waals surface area contributed by atoms with Crippen molar-refractivity contribution in [3.05, 3.63) is 35.4 Å². The van der Waals surface area contributed by atoms with Crippen LogP contribution in [-0.2, 0) is 5.60 Å². The fourth-order valence-corrected chi connectivity index (χ4v) is 2.19. The Hall–Kier alpha value is -1.00. The van der Waals surface area contributed by atoms with Crippen molar-refractivity contribution in [1.29, 1.82) is 0 Å². The lowest BCUT2D eigenvalue weighted by Gasteiger charge is -2.35. The van der Waals surface area contributed by atoms with Crippen LogP contribution in [-0.4, -0.2) is 11.1 Å².